The summed E-state index contributed by atoms with van der Waals surface area (Å²) >= 11 is 0. The molecule has 2 aromatic rings. The quantitative estimate of drug-likeness (QED) is 0.674. The minimum atomic E-state index is -0.550. The molecule has 7 heteroatoms. The molecule has 3 rings (SSSR count). The molecule has 0 aliphatic carbocycles. The molecule has 0 atom stereocenters. The van der Waals surface area contributed by atoms with Gasteiger partial charge in [0.25, 0.3) is 5.91 Å². The van der Waals surface area contributed by atoms with Crippen molar-refractivity contribution in [2.75, 3.05) is 32.1 Å². The molecule has 2 heterocycles. The fraction of sp³-hybridized carbons (Fsp3) is 0.286. The molecule has 1 aliphatic heterocycles. The number of aliphatic hydroxyl groups is 1. The van der Waals surface area contributed by atoms with Gasteiger partial charge in [-0.3, -0.25) is 9.78 Å². The maximum atomic E-state index is 12.7. The molecule has 1 aromatic carbocycles. The average molecular weight is 381 g/mol. The van der Waals surface area contributed by atoms with Crippen molar-refractivity contribution in [1.82, 2.24) is 9.88 Å². The van der Waals surface area contributed by atoms with Gasteiger partial charge in [-0.1, -0.05) is 18.2 Å². The number of hydrogen-bond donors (Lipinski definition) is 2. The lowest BCUT2D eigenvalue weighted by Gasteiger charge is -2.16. The molecule has 0 radical (unpaired) electrons. The first-order valence-corrected chi connectivity index (χ1v) is 9.09. The number of aryl methyl sites for hydroxylation is 2. The zero-order valence-corrected chi connectivity index (χ0v) is 15.7. The lowest BCUT2D eigenvalue weighted by Crippen LogP contribution is -2.31. The molecule has 0 bridgehead atoms. The Morgan fingerprint density at radius 3 is 2.68 bits per heavy atom. The molecule has 1 aromatic heterocycles. The Hall–Kier alpha value is -3.19. The zero-order chi connectivity index (χ0) is 19.9. The van der Waals surface area contributed by atoms with Gasteiger partial charge < -0.3 is 20.1 Å². The van der Waals surface area contributed by atoms with Crippen LogP contribution >= 0.6 is 0 Å². The number of methoxy groups -OCH3 is 1. The van der Waals surface area contributed by atoms with E-state index in [4.69, 9.17) is 4.74 Å². The molecule has 146 valence electrons. The first-order chi connectivity index (χ1) is 13.6. The Kier molecular flexibility index (Phi) is 6.39. The van der Waals surface area contributed by atoms with Gasteiger partial charge in [-0.15, -0.1) is 0 Å². The molecule has 0 saturated heterocycles. The number of pyridine rings is 1. The van der Waals surface area contributed by atoms with Crippen molar-refractivity contribution < 1.29 is 19.4 Å². The number of ether oxygens (including phenoxy) is 1. The number of nitrogens with one attached hydrogen (secondary N) is 1. The molecule has 28 heavy (non-hydrogen) atoms. The van der Waals surface area contributed by atoms with Crippen molar-refractivity contribution in [2.24, 2.45) is 0 Å². The van der Waals surface area contributed by atoms with Gasteiger partial charge in [0.05, 0.1) is 25.8 Å². The molecular formula is C21H23N3O4. The minimum Gasteiger partial charge on any atom is -0.466 e. The van der Waals surface area contributed by atoms with Gasteiger partial charge in [-0.2, -0.15) is 0 Å². The maximum absolute atomic E-state index is 12.7. The molecule has 0 fully saturated rings. The highest BCUT2D eigenvalue weighted by Crippen LogP contribution is 2.25. The zero-order valence-electron chi connectivity index (χ0n) is 15.7. The number of para-hydroxylation sites is 1. The SMILES string of the molecule is COC(=O)C1=C(Nc2ccccc2CCc2ccncc2)C(=O)N(CCO)C1. The van der Waals surface area contributed by atoms with E-state index in [0.717, 1.165) is 24.1 Å². The van der Waals surface area contributed by atoms with Gasteiger partial charge >= 0.3 is 5.97 Å². The first kappa shape index (κ1) is 19.6. The van der Waals surface area contributed by atoms with E-state index in [2.05, 4.69) is 10.3 Å². The number of nitrogens with zero attached hydrogens (tertiary/aromatic N) is 2. The fourth-order valence-corrected chi connectivity index (χ4v) is 3.17. The number of hydrogen-bond acceptors (Lipinski definition) is 6. The Labute approximate surface area is 163 Å². The van der Waals surface area contributed by atoms with E-state index in [-0.39, 0.29) is 36.9 Å². The molecule has 0 saturated carbocycles. The summed E-state index contributed by atoms with van der Waals surface area (Å²) in [5.74, 6) is -0.871. The van der Waals surface area contributed by atoms with Crippen LogP contribution in [0.3, 0.4) is 0 Å². The van der Waals surface area contributed by atoms with Gasteiger partial charge in [0.1, 0.15) is 5.70 Å². The van der Waals surface area contributed by atoms with Crippen LogP contribution in [0.2, 0.25) is 0 Å². The summed E-state index contributed by atoms with van der Waals surface area (Å²) in [7, 11) is 1.29. The molecule has 7 nitrogen and oxygen atoms in total. The number of carbonyl (C=O) groups is 2. The van der Waals surface area contributed by atoms with Crippen molar-refractivity contribution >= 4 is 17.6 Å². The van der Waals surface area contributed by atoms with Crippen molar-refractivity contribution in [3.63, 3.8) is 0 Å². The Bertz CT molecular complexity index is 880. The number of aromatic nitrogens is 1. The number of carbonyl (C=O) groups excluding carboxylic acids is 2. The van der Waals surface area contributed by atoms with Crippen molar-refractivity contribution in [3.8, 4) is 0 Å². The molecule has 1 aliphatic rings. The van der Waals surface area contributed by atoms with Crippen LogP contribution in [0.1, 0.15) is 11.1 Å². The summed E-state index contributed by atoms with van der Waals surface area (Å²) < 4.78 is 4.83. The van der Waals surface area contributed by atoms with Crippen molar-refractivity contribution in [2.45, 2.75) is 12.8 Å². The van der Waals surface area contributed by atoms with Crippen molar-refractivity contribution in [1.29, 1.82) is 0 Å². The van der Waals surface area contributed by atoms with Gasteiger partial charge in [0.15, 0.2) is 0 Å². The highest BCUT2D eigenvalue weighted by Gasteiger charge is 2.34. The van der Waals surface area contributed by atoms with E-state index in [1.54, 1.807) is 12.4 Å². The highest BCUT2D eigenvalue weighted by atomic mass is 16.5. The van der Waals surface area contributed by atoms with Crippen LogP contribution in [0.25, 0.3) is 0 Å². The number of benzene rings is 1. The third-order valence-corrected chi connectivity index (χ3v) is 4.66. The summed E-state index contributed by atoms with van der Waals surface area (Å²) in [4.78, 5) is 30.3. The van der Waals surface area contributed by atoms with Crippen LogP contribution in [0, 0.1) is 0 Å². The second-order valence-corrected chi connectivity index (χ2v) is 6.43. The summed E-state index contributed by atoms with van der Waals surface area (Å²) in [6.07, 6.45) is 5.12. The van der Waals surface area contributed by atoms with Gasteiger partial charge in [0, 0.05) is 24.6 Å². The van der Waals surface area contributed by atoms with Crippen LogP contribution in [0.4, 0.5) is 5.69 Å². The first-order valence-electron chi connectivity index (χ1n) is 9.09. The number of amides is 1. The van der Waals surface area contributed by atoms with E-state index in [0.29, 0.717) is 0 Å². The Morgan fingerprint density at radius 2 is 1.96 bits per heavy atom. The van der Waals surface area contributed by atoms with Crippen molar-refractivity contribution in [3.05, 3.63) is 71.2 Å². The summed E-state index contributed by atoms with van der Waals surface area (Å²) in [6, 6.07) is 11.6. The highest BCUT2D eigenvalue weighted by molar-refractivity contribution is 6.08. The third kappa shape index (κ3) is 4.37. The van der Waals surface area contributed by atoms with Gasteiger partial charge in [-0.05, 0) is 42.2 Å². The van der Waals surface area contributed by atoms with E-state index in [9.17, 15) is 14.7 Å². The summed E-state index contributed by atoms with van der Waals surface area (Å²) in [5.41, 5.74) is 3.45. The number of aliphatic hydroxyl groups excluding tert-OH is 1. The van der Waals surface area contributed by atoms with Crippen LogP contribution in [-0.4, -0.2) is 53.7 Å². The predicted molar refractivity (Wildman–Crippen MR) is 104 cm³/mol. The lowest BCUT2D eigenvalue weighted by atomic mass is 10.0. The average Bonchev–Trinajstić information content (AvgIpc) is 3.03. The molecule has 0 unspecified atom stereocenters. The monoisotopic (exact) mass is 381 g/mol. The lowest BCUT2D eigenvalue weighted by molar-refractivity contribution is -0.136. The fourth-order valence-electron chi connectivity index (χ4n) is 3.17. The van der Waals surface area contributed by atoms with E-state index in [1.807, 2.05) is 36.4 Å². The number of rotatable bonds is 8. The third-order valence-electron chi connectivity index (χ3n) is 4.66. The van der Waals surface area contributed by atoms with E-state index >= 15 is 0 Å². The second-order valence-electron chi connectivity index (χ2n) is 6.43. The van der Waals surface area contributed by atoms with E-state index < -0.39 is 5.97 Å². The topological polar surface area (TPSA) is 91.8 Å². The maximum Gasteiger partial charge on any atom is 0.337 e. The van der Waals surface area contributed by atoms with Gasteiger partial charge in [-0.25, -0.2) is 4.79 Å². The largest absolute Gasteiger partial charge is 0.466 e. The van der Waals surface area contributed by atoms with Gasteiger partial charge in [0.2, 0.25) is 0 Å². The predicted octanol–water partition coefficient (Wildman–Crippen LogP) is 1.54. The molecular weight excluding hydrogens is 358 g/mol. The van der Waals surface area contributed by atoms with Crippen LogP contribution in [0.15, 0.2) is 60.1 Å². The summed E-state index contributed by atoms with van der Waals surface area (Å²) in [6.45, 7) is 0.109. The second kappa shape index (κ2) is 9.14. The van der Waals surface area contributed by atoms with Crippen LogP contribution in [-0.2, 0) is 27.2 Å². The standard InChI is InChI=1S/C21H23N3O4/c1-28-21(27)17-14-24(12-13-25)20(26)19(17)23-18-5-3-2-4-16(18)7-6-15-8-10-22-11-9-15/h2-5,8-11,23,25H,6-7,12-14H2,1H3. The molecule has 0 spiro atoms. The number of esters is 1. The summed E-state index contributed by atoms with van der Waals surface area (Å²) in [5, 5.41) is 12.3. The molecule has 1 amide bonds. The van der Waals surface area contributed by atoms with Crippen LogP contribution in [0.5, 0.6) is 0 Å². The smallest absolute Gasteiger partial charge is 0.337 e. The minimum absolute atomic E-state index is 0.119. The number of anilines is 1. The van der Waals surface area contributed by atoms with E-state index in [1.165, 1.54) is 17.6 Å². The number of β-amino-alcohol motifs (C(OH)–C–C–N with tert-alkyl or cyclic N) is 1. The van der Waals surface area contributed by atoms with Crippen LogP contribution < -0.4 is 5.32 Å². The normalized spacial score (nSPS) is 13.8. The molecule has 2 N–H and O–H groups in total. The Morgan fingerprint density at radius 1 is 1.21 bits per heavy atom. The Balaban J connectivity index is 1.83.